The number of hydrogen-bond acceptors (Lipinski definition) is 5. The van der Waals surface area contributed by atoms with Crippen molar-refractivity contribution < 1.29 is 22.7 Å². The summed E-state index contributed by atoms with van der Waals surface area (Å²) in [6, 6.07) is 11.0. The zero-order valence-corrected chi connectivity index (χ0v) is 16.2. The number of ether oxygens (including phenoxy) is 1. The van der Waals surface area contributed by atoms with Crippen LogP contribution in [0.25, 0.3) is 0 Å². The zero-order valence-electron chi connectivity index (χ0n) is 15.4. The van der Waals surface area contributed by atoms with E-state index in [2.05, 4.69) is 10.0 Å². The Hall–Kier alpha value is -2.71. The van der Waals surface area contributed by atoms with Crippen LogP contribution in [-0.2, 0) is 14.8 Å². The van der Waals surface area contributed by atoms with Crippen LogP contribution in [0.1, 0.15) is 29.3 Å². The minimum atomic E-state index is -3.76. The Kier molecular flexibility index (Phi) is 6.70. The summed E-state index contributed by atoms with van der Waals surface area (Å²) >= 11 is 0. The highest BCUT2D eigenvalue weighted by atomic mass is 32.2. The molecule has 0 atom stereocenters. The minimum absolute atomic E-state index is 0.0354. The molecular formula is C19H22N2O5S. The van der Waals surface area contributed by atoms with E-state index in [1.165, 1.54) is 38.3 Å². The molecule has 0 radical (unpaired) electrons. The lowest BCUT2D eigenvalue weighted by Crippen LogP contribution is -2.28. The van der Waals surface area contributed by atoms with Gasteiger partial charge in [-0.25, -0.2) is 13.1 Å². The minimum Gasteiger partial charge on any atom is -0.495 e. The number of hydrogen-bond donors (Lipinski definition) is 2. The number of anilines is 1. The van der Waals surface area contributed by atoms with Gasteiger partial charge in [0.2, 0.25) is 15.9 Å². The number of amides is 1. The van der Waals surface area contributed by atoms with Crippen molar-refractivity contribution in [3.63, 3.8) is 0 Å². The molecule has 7 nitrogen and oxygen atoms in total. The van der Waals surface area contributed by atoms with Crippen LogP contribution in [0.2, 0.25) is 0 Å². The Morgan fingerprint density at radius 2 is 1.74 bits per heavy atom. The SMILES string of the molecule is COc1ccc(C)cc1NC(=O)CCNS(=O)(=O)c1ccc(C(C)=O)cc1. The molecule has 144 valence electrons. The van der Waals surface area contributed by atoms with Gasteiger partial charge in [0, 0.05) is 18.5 Å². The van der Waals surface area contributed by atoms with Gasteiger partial charge in [-0.1, -0.05) is 18.2 Å². The third kappa shape index (κ3) is 5.63. The van der Waals surface area contributed by atoms with Gasteiger partial charge in [-0.15, -0.1) is 0 Å². The second-order valence-corrected chi connectivity index (χ2v) is 7.75. The molecule has 0 aliphatic heterocycles. The molecule has 0 saturated carbocycles. The third-order valence-corrected chi connectivity index (χ3v) is 5.32. The van der Waals surface area contributed by atoms with Crippen molar-refractivity contribution >= 4 is 27.4 Å². The lowest BCUT2D eigenvalue weighted by Gasteiger charge is -2.11. The number of methoxy groups -OCH3 is 1. The van der Waals surface area contributed by atoms with Gasteiger partial charge in [-0.2, -0.15) is 0 Å². The quantitative estimate of drug-likeness (QED) is 0.675. The number of carbonyl (C=O) groups is 2. The third-order valence-electron chi connectivity index (χ3n) is 3.84. The highest BCUT2D eigenvalue weighted by molar-refractivity contribution is 7.89. The van der Waals surface area contributed by atoms with Crippen molar-refractivity contribution in [1.29, 1.82) is 0 Å². The van der Waals surface area contributed by atoms with Crippen molar-refractivity contribution in [3.8, 4) is 5.75 Å². The Morgan fingerprint density at radius 3 is 2.33 bits per heavy atom. The summed E-state index contributed by atoms with van der Waals surface area (Å²) in [7, 11) is -2.25. The second-order valence-electron chi connectivity index (χ2n) is 5.98. The average molecular weight is 390 g/mol. The number of benzene rings is 2. The number of nitrogens with one attached hydrogen (secondary N) is 2. The van der Waals surface area contributed by atoms with Crippen molar-refractivity contribution in [1.82, 2.24) is 4.72 Å². The average Bonchev–Trinajstić information content (AvgIpc) is 2.62. The Balaban J connectivity index is 1.94. The van der Waals surface area contributed by atoms with Crippen LogP contribution in [-0.4, -0.2) is 33.8 Å². The van der Waals surface area contributed by atoms with E-state index in [-0.39, 0.29) is 29.6 Å². The largest absolute Gasteiger partial charge is 0.495 e. The van der Waals surface area contributed by atoms with E-state index in [1.807, 2.05) is 13.0 Å². The fourth-order valence-corrected chi connectivity index (χ4v) is 3.42. The molecule has 2 N–H and O–H groups in total. The first kappa shape index (κ1) is 20.6. The molecule has 0 unspecified atom stereocenters. The smallest absolute Gasteiger partial charge is 0.240 e. The molecule has 0 spiro atoms. The van der Waals surface area contributed by atoms with E-state index < -0.39 is 10.0 Å². The van der Waals surface area contributed by atoms with Crippen molar-refractivity contribution in [3.05, 3.63) is 53.6 Å². The maximum absolute atomic E-state index is 12.3. The monoisotopic (exact) mass is 390 g/mol. The van der Waals surface area contributed by atoms with E-state index >= 15 is 0 Å². The van der Waals surface area contributed by atoms with Gasteiger partial charge in [0.1, 0.15) is 5.75 Å². The Morgan fingerprint density at radius 1 is 1.07 bits per heavy atom. The summed E-state index contributed by atoms with van der Waals surface area (Å²) in [5, 5.41) is 2.71. The summed E-state index contributed by atoms with van der Waals surface area (Å²) in [5.41, 5.74) is 1.92. The van der Waals surface area contributed by atoms with Crippen LogP contribution >= 0.6 is 0 Å². The Bertz CT molecular complexity index is 937. The second kappa shape index (κ2) is 8.79. The van der Waals surface area contributed by atoms with Gasteiger partial charge in [0.25, 0.3) is 0 Å². The lowest BCUT2D eigenvalue weighted by molar-refractivity contribution is -0.116. The van der Waals surface area contributed by atoms with Crippen LogP contribution < -0.4 is 14.8 Å². The molecule has 8 heteroatoms. The molecule has 0 heterocycles. The first-order valence-corrected chi connectivity index (χ1v) is 9.76. The number of carbonyl (C=O) groups excluding carboxylic acids is 2. The summed E-state index contributed by atoms with van der Waals surface area (Å²) in [4.78, 5) is 23.4. The summed E-state index contributed by atoms with van der Waals surface area (Å²) in [5.74, 6) is 0.0452. The van der Waals surface area contributed by atoms with Gasteiger partial charge in [-0.05, 0) is 43.7 Å². The standard InChI is InChI=1S/C19H22N2O5S/c1-13-4-9-18(26-3)17(12-13)21-19(23)10-11-20-27(24,25)16-7-5-15(6-8-16)14(2)22/h4-9,12,20H,10-11H2,1-3H3,(H,21,23). The molecule has 0 saturated heterocycles. The highest BCUT2D eigenvalue weighted by Gasteiger charge is 2.15. The van der Waals surface area contributed by atoms with E-state index in [9.17, 15) is 18.0 Å². The molecule has 2 aromatic rings. The van der Waals surface area contributed by atoms with Gasteiger partial charge in [0.15, 0.2) is 5.78 Å². The molecule has 0 aliphatic carbocycles. The number of aryl methyl sites for hydroxylation is 1. The summed E-state index contributed by atoms with van der Waals surface area (Å²) < 4.78 is 32.1. The van der Waals surface area contributed by atoms with Crippen molar-refractivity contribution in [2.24, 2.45) is 0 Å². The van der Waals surface area contributed by atoms with Crippen LogP contribution in [0.3, 0.4) is 0 Å². The molecule has 1 amide bonds. The number of Topliss-reactive ketones (excluding diaryl/α,β-unsaturated/α-hetero) is 1. The maximum atomic E-state index is 12.3. The molecule has 27 heavy (non-hydrogen) atoms. The van der Waals surface area contributed by atoms with E-state index in [0.717, 1.165) is 5.56 Å². The highest BCUT2D eigenvalue weighted by Crippen LogP contribution is 2.25. The molecule has 2 rings (SSSR count). The van der Waals surface area contributed by atoms with Gasteiger partial charge in [0.05, 0.1) is 17.7 Å². The summed E-state index contributed by atoms with van der Waals surface area (Å²) in [6.45, 7) is 3.24. The van der Waals surface area contributed by atoms with Crippen LogP contribution in [0.5, 0.6) is 5.75 Å². The first-order chi connectivity index (χ1) is 12.7. The van der Waals surface area contributed by atoms with Gasteiger partial charge < -0.3 is 10.1 Å². The number of rotatable bonds is 8. The van der Waals surface area contributed by atoms with E-state index in [4.69, 9.17) is 4.74 Å². The fraction of sp³-hybridized carbons (Fsp3) is 0.263. The summed E-state index contributed by atoms with van der Waals surface area (Å²) in [6.07, 6.45) is -0.0398. The topological polar surface area (TPSA) is 102 Å². The number of ketones is 1. The van der Waals surface area contributed by atoms with Gasteiger partial charge >= 0.3 is 0 Å². The van der Waals surface area contributed by atoms with Crippen LogP contribution in [0, 0.1) is 6.92 Å². The predicted molar refractivity (Wildman–Crippen MR) is 103 cm³/mol. The Labute approximate surface area is 158 Å². The first-order valence-electron chi connectivity index (χ1n) is 8.28. The van der Waals surface area contributed by atoms with Gasteiger partial charge in [-0.3, -0.25) is 9.59 Å². The maximum Gasteiger partial charge on any atom is 0.240 e. The van der Waals surface area contributed by atoms with Crippen LogP contribution in [0.15, 0.2) is 47.4 Å². The lowest BCUT2D eigenvalue weighted by atomic mass is 10.2. The molecule has 0 bridgehead atoms. The molecule has 0 aromatic heterocycles. The molecular weight excluding hydrogens is 368 g/mol. The molecule has 2 aromatic carbocycles. The fourth-order valence-electron chi connectivity index (χ4n) is 2.38. The number of sulfonamides is 1. The molecule has 0 fully saturated rings. The van der Waals surface area contributed by atoms with Crippen molar-refractivity contribution in [2.75, 3.05) is 19.0 Å². The zero-order chi connectivity index (χ0) is 20.0. The predicted octanol–water partition coefficient (Wildman–Crippen LogP) is 2.51. The normalized spacial score (nSPS) is 11.1. The molecule has 0 aliphatic rings. The van der Waals surface area contributed by atoms with Crippen LogP contribution in [0.4, 0.5) is 5.69 Å². The van der Waals surface area contributed by atoms with E-state index in [1.54, 1.807) is 12.1 Å². The van der Waals surface area contributed by atoms with E-state index in [0.29, 0.717) is 17.0 Å². The van der Waals surface area contributed by atoms with Crippen molar-refractivity contribution in [2.45, 2.75) is 25.2 Å².